The predicted octanol–water partition coefficient (Wildman–Crippen LogP) is 5.64. The molecule has 4 nitrogen and oxygen atoms in total. The monoisotopic (exact) mass is 520 g/mol. The summed E-state index contributed by atoms with van der Waals surface area (Å²) in [5.74, 6) is 0. The fourth-order valence-electron chi connectivity index (χ4n) is 5.01. The number of hydrogen-bond donors (Lipinski definition) is 0. The van der Waals surface area contributed by atoms with Gasteiger partial charge in [-0.2, -0.15) is 0 Å². The standard InChI is InChI=1S/4C5H9O.Hf/c4*6-5-3-1-2-4-5;/h4*5H,1-4H2;/q4*-1;+4. The van der Waals surface area contributed by atoms with Gasteiger partial charge in [-0.15, -0.1) is 0 Å². The van der Waals surface area contributed by atoms with Crippen LogP contribution in [0.2, 0.25) is 0 Å². The molecular formula is C20H36HfO4. The summed E-state index contributed by atoms with van der Waals surface area (Å²) in [6, 6.07) is 0. The Kier molecular flexibility index (Phi) is 7.06. The average molecular weight is 519 g/mol. The number of hydrogen-bond acceptors (Lipinski definition) is 4. The van der Waals surface area contributed by atoms with E-state index in [4.69, 9.17) is 11.4 Å². The normalized spacial score (nSPS) is 27.8. The maximum absolute atomic E-state index is 6.74. The summed E-state index contributed by atoms with van der Waals surface area (Å²) >= 11 is -4.14. The molecule has 25 heavy (non-hydrogen) atoms. The molecule has 0 aromatic heterocycles. The Morgan fingerprint density at radius 1 is 0.360 bits per heavy atom. The summed E-state index contributed by atoms with van der Waals surface area (Å²) in [6.07, 6.45) is 20.9. The van der Waals surface area contributed by atoms with Crippen molar-refractivity contribution in [2.75, 3.05) is 0 Å². The number of rotatable bonds is 8. The molecule has 0 amide bonds. The van der Waals surface area contributed by atoms with Gasteiger partial charge in [0.15, 0.2) is 0 Å². The van der Waals surface area contributed by atoms with Crippen molar-refractivity contribution < 1.29 is 33.1 Å². The van der Waals surface area contributed by atoms with Crippen LogP contribution in [0.5, 0.6) is 0 Å². The fourth-order valence-corrected chi connectivity index (χ4v) is 15.5. The van der Waals surface area contributed by atoms with Crippen LogP contribution in [0.1, 0.15) is 103 Å². The molecule has 4 aliphatic carbocycles. The molecular weight excluding hydrogens is 483 g/mol. The Morgan fingerprint density at radius 2 is 0.560 bits per heavy atom. The van der Waals surface area contributed by atoms with E-state index in [0.717, 1.165) is 51.4 Å². The molecule has 0 spiro atoms. The Labute approximate surface area is 160 Å². The molecule has 4 aliphatic rings. The summed E-state index contributed by atoms with van der Waals surface area (Å²) in [6.45, 7) is 0. The third-order valence-electron chi connectivity index (χ3n) is 6.45. The SMILES string of the molecule is C1CCC([O][Hf]([O]C2CCCC2)([O]C2CCCC2)[O]C2CCCC2)C1. The molecule has 0 bridgehead atoms. The van der Waals surface area contributed by atoms with Crippen LogP contribution >= 0.6 is 0 Å². The molecule has 0 radical (unpaired) electrons. The Morgan fingerprint density at radius 3 is 0.760 bits per heavy atom. The third kappa shape index (κ3) is 5.37. The molecule has 0 aromatic carbocycles. The molecule has 0 saturated heterocycles. The van der Waals surface area contributed by atoms with Crippen molar-refractivity contribution in [3.8, 4) is 0 Å². The first-order valence-electron chi connectivity index (χ1n) is 11.0. The quantitative estimate of drug-likeness (QED) is 0.390. The first-order chi connectivity index (χ1) is 12.3. The molecule has 0 heterocycles. The van der Waals surface area contributed by atoms with Crippen molar-refractivity contribution in [2.45, 2.75) is 127 Å². The summed E-state index contributed by atoms with van der Waals surface area (Å²) in [4.78, 5) is 0. The average Bonchev–Trinajstić information content (AvgIpc) is 3.37. The third-order valence-corrected chi connectivity index (χ3v) is 15.4. The van der Waals surface area contributed by atoms with Crippen LogP contribution in [0, 0.1) is 0 Å². The van der Waals surface area contributed by atoms with E-state index in [2.05, 4.69) is 0 Å². The maximum atomic E-state index is 6.74. The molecule has 0 aromatic rings. The summed E-state index contributed by atoms with van der Waals surface area (Å²) < 4.78 is 27.0. The Balaban J connectivity index is 1.50. The zero-order chi connectivity index (χ0) is 17.0. The summed E-state index contributed by atoms with van der Waals surface area (Å²) in [7, 11) is 0. The van der Waals surface area contributed by atoms with Gasteiger partial charge in [-0.1, -0.05) is 0 Å². The Hall–Kier alpha value is 0.710. The molecule has 5 heteroatoms. The van der Waals surface area contributed by atoms with Crippen LogP contribution in [-0.2, 0) is 33.1 Å². The van der Waals surface area contributed by atoms with Crippen LogP contribution in [0.25, 0.3) is 0 Å². The van der Waals surface area contributed by atoms with E-state index in [1.807, 2.05) is 0 Å². The van der Waals surface area contributed by atoms with Gasteiger partial charge in [0, 0.05) is 0 Å². The first-order valence-corrected chi connectivity index (χ1v) is 16.9. The van der Waals surface area contributed by atoms with Crippen LogP contribution in [0.15, 0.2) is 0 Å². The van der Waals surface area contributed by atoms with E-state index in [9.17, 15) is 0 Å². The minimum absolute atomic E-state index is 0.325. The van der Waals surface area contributed by atoms with E-state index in [1.165, 1.54) is 51.4 Å². The van der Waals surface area contributed by atoms with E-state index in [0.29, 0.717) is 24.4 Å². The van der Waals surface area contributed by atoms with Crippen molar-refractivity contribution in [1.82, 2.24) is 0 Å². The fraction of sp³-hybridized carbons (Fsp3) is 1.00. The van der Waals surface area contributed by atoms with Crippen molar-refractivity contribution in [1.29, 1.82) is 0 Å². The van der Waals surface area contributed by atoms with Crippen LogP contribution in [-0.4, -0.2) is 24.4 Å². The van der Waals surface area contributed by atoms with Crippen molar-refractivity contribution in [2.24, 2.45) is 0 Å². The van der Waals surface area contributed by atoms with Gasteiger partial charge in [0.05, 0.1) is 0 Å². The molecule has 144 valence electrons. The van der Waals surface area contributed by atoms with Crippen molar-refractivity contribution >= 4 is 0 Å². The van der Waals surface area contributed by atoms with Crippen LogP contribution in [0.4, 0.5) is 0 Å². The second kappa shape index (κ2) is 9.27. The van der Waals surface area contributed by atoms with Crippen LogP contribution in [0.3, 0.4) is 0 Å². The van der Waals surface area contributed by atoms with E-state index in [1.54, 1.807) is 0 Å². The van der Waals surface area contributed by atoms with Gasteiger partial charge in [0.25, 0.3) is 0 Å². The topological polar surface area (TPSA) is 36.9 Å². The molecule has 0 aliphatic heterocycles. The predicted molar refractivity (Wildman–Crippen MR) is 93.4 cm³/mol. The molecule has 4 saturated carbocycles. The molecule has 0 unspecified atom stereocenters. The summed E-state index contributed by atoms with van der Waals surface area (Å²) in [5.41, 5.74) is 0. The second-order valence-corrected chi connectivity index (χ2v) is 15.6. The van der Waals surface area contributed by atoms with E-state index in [-0.39, 0.29) is 0 Å². The molecule has 4 rings (SSSR count). The van der Waals surface area contributed by atoms with E-state index >= 15 is 0 Å². The van der Waals surface area contributed by atoms with Gasteiger partial charge in [-0.3, -0.25) is 0 Å². The van der Waals surface area contributed by atoms with Gasteiger partial charge >= 0.3 is 160 Å². The van der Waals surface area contributed by atoms with Gasteiger partial charge in [0.2, 0.25) is 0 Å². The molecule has 0 atom stereocenters. The first kappa shape index (κ1) is 19.0. The minimum atomic E-state index is -4.14. The van der Waals surface area contributed by atoms with Gasteiger partial charge in [-0.05, 0) is 0 Å². The zero-order valence-corrected chi connectivity index (χ0v) is 19.3. The molecule has 4 fully saturated rings. The zero-order valence-electron chi connectivity index (χ0n) is 15.8. The summed E-state index contributed by atoms with van der Waals surface area (Å²) in [5, 5.41) is 0. The molecule has 0 N–H and O–H groups in total. The van der Waals surface area contributed by atoms with Crippen LogP contribution < -0.4 is 0 Å². The second-order valence-electron chi connectivity index (χ2n) is 8.60. The van der Waals surface area contributed by atoms with Gasteiger partial charge in [-0.25, -0.2) is 0 Å². The van der Waals surface area contributed by atoms with E-state index < -0.39 is 21.7 Å². The van der Waals surface area contributed by atoms with Gasteiger partial charge in [0.1, 0.15) is 0 Å². The van der Waals surface area contributed by atoms with Crippen molar-refractivity contribution in [3.63, 3.8) is 0 Å². The van der Waals surface area contributed by atoms with Gasteiger partial charge < -0.3 is 0 Å². The Bertz CT molecular complexity index is 317. The van der Waals surface area contributed by atoms with Crippen molar-refractivity contribution in [3.05, 3.63) is 0 Å².